The molecule has 0 aromatic heterocycles. The predicted molar refractivity (Wildman–Crippen MR) is 138 cm³/mol. The van der Waals surface area contributed by atoms with Gasteiger partial charge in [0.1, 0.15) is 5.60 Å². The Bertz CT molecular complexity index is 902. The second-order valence-corrected chi connectivity index (χ2v) is 13.7. The third-order valence-corrected chi connectivity index (χ3v) is 12.3. The highest BCUT2D eigenvalue weighted by atomic mass is 16.7. The van der Waals surface area contributed by atoms with Crippen LogP contribution in [0.5, 0.6) is 0 Å². The second kappa shape index (κ2) is 7.80. The summed E-state index contributed by atoms with van der Waals surface area (Å²) >= 11 is 0. The Kier molecular flexibility index (Phi) is 5.68. The van der Waals surface area contributed by atoms with Crippen LogP contribution in [-0.4, -0.2) is 30.2 Å². The third kappa shape index (κ3) is 2.81. The topological polar surface area (TPSA) is 38.7 Å². The number of ether oxygens (including phenoxy) is 2. The quantitative estimate of drug-likeness (QED) is 0.346. The van der Waals surface area contributed by atoms with Gasteiger partial charge in [0, 0.05) is 23.9 Å². The molecule has 1 N–H and O–H groups in total. The molecule has 0 radical (unpaired) electrons. The Morgan fingerprint density at radius 2 is 1.88 bits per heavy atom. The van der Waals surface area contributed by atoms with Gasteiger partial charge in [-0.05, 0) is 80.5 Å². The maximum atomic E-state index is 11.0. The minimum atomic E-state index is -0.426. The largest absolute Gasteiger partial charge is 0.392 e. The Balaban J connectivity index is 1.54. The number of aliphatic hydroxyl groups excluding tert-OH is 1. The summed E-state index contributed by atoms with van der Waals surface area (Å²) in [5.41, 5.74) is 0.945. The van der Waals surface area contributed by atoms with Crippen molar-refractivity contribution in [2.75, 3.05) is 7.11 Å². The predicted octanol–water partition coefficient (Wildman–Crippen LogP) is 7.07. The van der Waals surface area contributed by atoms with Crippen LogP contribution in [0.4, 0.5) is 0 Å². The van der Waals surface area contributed by atoms with Crippen molar-refractivity contribution in [3.8, 4) is 0 Å². The molecule has 3 heteroatoms. The molecule has 10 atom stereocenters. The van der Waals surface area contributed by atoms with Gasteiger partial charge in [-0.3, -0.25) is 0 Å². The van der Waals surface area contributed by atoms with E-state index in [1.807, 2.05) is 7.11 Å². The lowest BCUT2D eigenvalue weighted by atomic mass is 9.38. The van der Waals surface area contributed by atoms with E-state index >= 15 is 0 Å². The Labute approximate surface area is 208 Å². The lowest BCUT2D eigenvalue weighted by molar-refractivity contribution is -0.225. The molecule has 34 heavy (non-hydrogen) atoms. The third-order valence-electron chi connectivity index (χ3n) is 12.3. The normalized spacial score (nSPS) is 51.7. The average Bonchev–Trinajstić information content (AvgIpc) is 3.15. The highest BCUT2D eigenvalue weighted by molar-refractivity contribution is 5.34. The van der Waals surface area contributed by atoms with Crippen molar-refractivity contribution in [2.24, 2.45) is 45.3 Å². The van der Waals surface area contributed by atoms with Crippen molar-refractivity contribution in [2.45, 2.75) is 104 Å². The molecule has 190 valence electrons. The van der Waals surface area contributed by atoms with E-state index in [0.29, 0.717) is 23.2 Å². The number of hydrogen-bond acceptors (Lipinski definition) is 3. The van der Waals surface area contributed by atoms with Gasteiger partial charge in [0.2, 0.25) is 0 Å². The summed E-state index contributed by atoms with van der Waals surface area (Å²) in [5, 5.41) is 11.0. The first kappa shape index (κ1) is 24.8. The molecule has 3 nitrogen and oxygen atoms in total. The molecule has 0 aromatic rings. The fraction of sp³-hybridized carbons (Fsp3) is 0.806. The lowest BCUT2D eigenvalue weighted by Crippen LogP contribution is -2.65. The van der Waals surface area contributed by atoms with E-state index in [1.165, 1.54) is 19.3 Å². The standard InChI is InChI=1S/C31H48O3/c1-20(2)10-9-11-21(3)22-14-16-29(7)23-15-17-31-24(12-13-25(32)27(31,4)5)30(23,26(33-8)34-31)19-18-28(22,29)6/h9-10,15,17,21-26,32H,1,11-14,16,18-19H2,2-8H3/b10-9+/t21-,22-,23+,24+,25+,26-,28-,29+,30+,31-/m1/s1. The molecule has 5 rings (SSSR count). The fourth-order valence-corrected chi connectivity index (χ4v) is 10.1. The number of methoxy groups -OCH3 is 1. The van der Waals surface area contributed by atoms with Crippen LogP contribution in [0.2, 0.25) is 0 Å². The maximum absolute atomic E-state index is 11.0. The van der Waals surface area contributed by atoms with E-state index in [1.54, 1.807) is 0 Å². The van der Waals surface area contributed by atoms with Crippen molar-refractivity contribution < 1.29 is 14.6 Å². The van der Waals surface area contributed by atoms with E-state index in [4.69, 9.17) is 9.47 Å². The molecule has 1 saturated heterocycles. The fourth-order valence-electron chi connectivity index (χ4n) is 10.1. The van der Waals surface area contributed by atoms with Crippen LogP contribution in [0.1, 0.15) is 86.5 Å². The molecule has 1 aliphatic heterocycles. The van der Waals surface area contributed by atoms with E-state index in [-0.39, 0.29) is 28.6 Å². The van der Waals surface area contributed by atoms with Crippen molar-refractivity contribution in [3.05, 3.63) is 36.5 Å². The van der Waals surface area contributed by atoms with Crippen LogP contribution in [-0.2, 0) is 9.47 Å². The van der Waals surface area contributed by atoms with Crippen molar-refractivity contribution >= 4 is 0 Å². The van der Waals surface area contributed by atoms with Gasteiger partial charge in [0.05, 0.1) is 6.10 Å². The zero-order valence-electron chi connectivity index (χ0n) is 22.7. The highest BCUT2D eigenvalue weighted by Crippen LogP contribution is 2.78. The first-order chi connectivity index (χ1) is 15.9. The number of hydrogen-bond donors (Lipinski definition) is 1. The van der Waals surface area contributed by atoms with Crippen LogP contribution in [0.25, 0.3) is 0 Å². The number of allylic oxidation sites excluding steroid dienone is 4. The molecule has 3 saturated carbocycles. The first-order valence-electron chi connectivity index (χ1n) is 13.8. The molecular weight excluding hydrogens is 420 g/mol. The summed E-state index contributed by atoms with van der Waals surface area (Å²) in [6.07, 6.45) is 17.0. The monoisotopic (exact) mass is 468 g/mol. The van der Waals surface area contributed by atoms with E-state index < -0.39 is 5.60 Å². The zero-order chi connectivity index (χ0) is 24.7. The SMILES string of the molecule is C=C(C)/C=C/C[C@@H](C)[C@H]1CC[C@@]2(C)[C@@H]3C=C[C@@]45O[C@@H](OC)[C@]3(CC[C@]12C)[C@@H]4CC[C@H](O)C5(C)C. The zero-order valence-corrected chi connectivity index (χ0v) is 22.7. The summed E-state index contributed by atoms with van der Waals surface area (Å²) in [6.45, 7) is 18.2. The molecule has 4 aliphatic carbocycles. The summed E-state index contributed by atoms with van der Waals surface area (Å²) < 4.78 is 13.2. The molecule has 5 aliphatic rings. The van der Waals surface area contributed by atoms with Crippen molar-refractivity contribution in [1.82, 2.24) is 0 Å². The van der Waals surface area contributed by atoms with Gasteiger partial charge in [-0.25, -0.2) is 0 Å². The van der Waals surface area contributed by atoms with Crippen LogP contribution >= 0.6 is 0 Å². The molecule has 4 fully saturated rings. The Hall–Kier alpha value is -0.900. The molecule has 0 amide bonds. The van der Waals surface area contributed by atoms with E-state index in [9.17, 15) is 5.11 Å². The van der Waals surface area contributed by atoms with Gasteiger partial charge in [0.15, 0.2) is 6.29 Å². The lowest BCUT2D eigenvalue weighted by Gasteiger charge is -2.65. The molecule has 0 unspecified atom stereocenters. The van der Waals surface area contributed by atoms with Gasteiger partial charge in [-0.2, -0.15) is 0 Å². The van der Waals surface area contributed by atoms with Crippen LogP contribution in [0.15, 0.2) is 36.5 Å². The minimum absolute atomic E-state index is 0.00710. The Morgan fingerprint density at radius 1 is 1.15 bits per heavy atom. The summed E-state index contributed by atoms with van der Waals surface area (Å²) in [5.74, 6) is 2.27. The van der Waals surface area contributed by atoms with Crippen LogP contribution < -0.4 is 0 Å². The maximum Gasteiger partial charge on any atom is 0.164 e. The summed E-state index contributed by atoms with van der Waals surface area (Å²) in [7, 11) is 1.84. The molecule has 2 bridgehead atoms. The molecular formula is C31H48O3. The van der Waals surface area contributed by atoms with Gasteiger partial charge >= 0.3 is 0 Å². The van der Waals surface area contributed by atoms with E-state index in [2.05, 4.69) is 72.4 Å². The van der Waals surface area contributed by atoms with Gasteiger partial charge in [-0.1, -0.05) is 71.1 Å². The summed E-state index contributed by atoms with van der Waals surface area (Å²) in [6, 6.07) is 0. The van der Waals surface area contributed by atoms with Gasteiger partial charge in [-0.15, -0.1) is 0 Å². The van der Waals surface area contributed by atoms with Crippen LogP contribution in [0, 0.1) is 45.3 Å². The number of aliphatic hydroxyl groups is 1. The summed E-state index contributed by atoms with van der Waals surface area (Å²) in [4.78, 5) is 0. The number of rotatable bonds is 5. The second-order valence-electron chi connectivity index (χ2n) is 13.7. The average molecular weight is 469 g/mol. The van der Waals surface area contributed by atoms with Gasteiger partial charge < -0.3 is 14.6 Å². The van der Waals surface area contributed by atoms with Crippen molar-refractivity contribution in [1.29, 1.82) is 0 Å². The number of fused-ring (bicyclic) bond motifs is 2. The molecule has 1 spiro atoms. The smallest absolute Gasteiger partial charge is 0.164 e. The van der Waals surface area contributed by atoms with Crippen LogP contribution in [0.3, 0.4) is 0 Å². The van der Waals surface area contributed by atoms with Gasteiger partial charge in [0.25, 0.3) is 0 Å². The minimum Gasteiger partial charge on any atom is -0.392 e. The van der Waals surface area contributed by atoms with Crippen molar-refractivity contribution in [3.63, 3.8) is 0 Å². The molecule has 1 heterocycles. The highest BCUT2D eigenvalue weighted by Gasteiger charge is 2.78. The van der Waals surface area contributed by atoms with E-state index in [0.717, 1.165) is 37.2 Å². The Morgan fingerprint density at radius 3 is 2.56 bits per heavy atom. The molecule has 0 aromatic carbocycles. The first-order valence-corrected chi connectivity index (χ1v) is 13.8.